The lowest BCUT2D eigenvalue weighted by Gasteiger charge is -2.34. The van der Waals surface area contributed by atoms with Crippen LogP contribution in [0.4, 0.5) is 13.2 Å². The Hall–Kier alpha value is -3.14. The molecule has 3 aromatic rings. The van der Waals surface area contributed by atoms with Gasteiger partial charge in [0.05, 0.1) is 23.9 Å². The zero-order valence-corrected chi connectivity index (χ0v) is 25.9. The average Bonchev–Trinajstić information content (AvgIpc) is 3.42. The summed E-state index contributed by atoms with van der Waals surface area (Å²) >= 11 is 1.13. The summed E-state index contributed by atoms with van der Waals surface area (Å²) in [7, 11) is -3.82. The summed E-state index contributed by atoms with van der Waals surface area (Å²) in [5.74, 6) is 0.594. The Morgan fingerprint density at radius 2 is 1.82 bits per heavy atom. The predicted molar refractivity (Wildman–Crippen MR) is 158 cm³/mol. The summed E-state index contributed by atoms with van der Waals surface area (Å²) in [6, 6.07) is 11.5. The van der Waals surface area contributed by atoms with Gasteiger partial charge in [-0.15, -0.1) is 23.4 Å². The molecule has 10 nitrogen and oxygen atoms in total. The van der Waals surface area contributed by atoms with Crippen molar-refractivity contribution in [3.8, 4) is 22.8 Å². The van der Waals surface area contributed by atoms with E-state index in [1.54, 1.807) is 16.7 Å². The van der Waals surface area contributed by atoms with Crippen LogP contribution in [0.5, 0.6) is 5.75 Å². The van der Waals surface area contributed by atoms with Crippen LogP contribution in [0.25, 0.3) is 17.1 Å². The van der Waals surface area contributed by atoms with E-state index in [0.717, 1.165) is 31.0 Å². The molecule has 1 N–H and O–H groups in total. The molecular weight excluding hydrogens is 619 g/mol. The number of nitrogens with one attached hydrogen (secondary N) is 1. The van der Waals surface area contributed by atoms with Gasteiger partial charge < -0.3 is 14.8 Å². The number of halogens is 3. The van der Waals surface area contributed by atoms with Crippen LogP contribution in [0.3, 0.4) is 0 Å². The number of hydrogen-bond donors (Lipinski definition) is 1. The van der Waals surface area contributed by atoms with Crippen molar-refractivity contribution in [3.05, 3.63) is 48.5 Å². The van der Waals surface area contributed by atoms with Crippen LogP contribution in [0.2, 0.25) is 0 Å². The number of hydrogen-bond acceptors (Lipinski definition) is 8. The smallest absolute Gasteiger partial charge is 0.406 e. The van der Waals surface area contributed by atoms with Gasteiger partial charge in [0.2, 0.25) is 15.9 Å². The standard InChI is InChI=1S/C29H34F3N5O5S2/c1-19-5-3-8-25(20(19)2)33-26(38)18-43-28-35-34-27(37(28)22-9-11-23(12-10-22)42-29(30,31)32)21-6-4-7-24(17-21)44(39,40)36-13-15-41-16-14-36/h4,6-7,9-12,17,19-20,25H,3,5,8,13-16,18H2,1-2H3,(H,33,38)/t19-,20+,25-/m0/s1. The second-order valence-corrected chi connectivity index (χ2v) is 13.8. The molecule has 1 aliphatic carbocycles. The fourth-order valence-corrected chi connectivity index (χ4v) is 7.69. The number of carbonyl (C=O) groups is 1. The van der Waals surface area contributed by atoms with Crippen LogP contribution in [0.15, 0.2) is 58.6 Å². The molecule has 1 aromatic heterocycles. The fraction of sp³-hybridized carbons (Fsp3) is 0.483. The van der Waals surface area contributed by atoms with Crippen molar-refractivity contribution in [3.63, 3.8) is 0 Å². The van der Waals surface area contributed by atoms with Gasteiger partial charge in [0.15, 0.2) is 11.0 Å². The number of alkyl halides is 3. The molecular formula is C29H34F3N5O5S2. The molecule has 1 saturated heterocycles. The van der Waals surface area contributed by atoms with E-state index in [1.807, 2.05) is 0 Å². The fourth-order valence-electron chi connectivity index (χ4n) is 5.48. The molecule has 238 valence electrons. The number of rotatable bonds is 9. The number of carbonyl (C=O) groups excluding carboxylic acids is 1. The van der Waals surface area contributed by atoms with E-state index in [0.29, 0.717) is 41.5 Å². The third kappa shape index (κ3) is 7.56. The van der Waals surface area contributed by atoms with Crippen molar-refractivity contribution in [2.75, 3.05) is 32.1 Å². The van der Waals surface area contributed by atoms with Gasteiger partial charge in [-0.1, -0.05) is 50.6 Å². The highest BCUT2D eigenvalue weighted by Crippen LogP contribution is 2.33. The molecule has 2 fully saturated rings. The Bertz CT molecular complexity index is 1560. The number of morpholine rings is 1. The van der Waals surface area contributed by atoms with Crippen molar-refractivity contribution in [1.29, 1.82) is 0 Å². The summed E-state index contributed by atoms with van der Waals surface area (Å²) in [5, 5.41) is 12.0. The van der Waals surface area contributed by atoms with E-state index in [4.69, 9.17) is 4.74 Å². The number of nitrogens with zero attached hydrogens (tertiary/aromatic N) is 4. The first-order chi connectivity index (χ1) is 20.9. The highest BCUT2D eigenvalue weighted by molar-refractivity contribution is 7.99. The quantitative estimate of drug-likeness (QED) is 0.325. The normalized spacial score (nSPS) is 21.6. The largest absolute Gasteiger partial charge is 0.573 e. The molecule has 44 heavy (non-hydrogen) atoms. The summed E-state index contributed by atoms with van der Waals surface area (Å²) in [6.45, 7) is 5.40. The molecule has 1 saturated carbocycles. The Kier molecular flexibility index (Phi) is 9.87. The second kappa shape index (κ2) is 13.5. The van der Waals surface area contributed by atoms with E-state index in [2.05, 4.69) is 34.1 Å². The van der Waals surface area contributed by atoms with Gasteiger partial charge >= 0.3 is 6.36 Å². The van der Waals surface area contributed by atoms with Gasteiger partial charge in [-0.3, -0.25) is 9.36 Å². The SMILES string of the molecule is C[C@H]1[C@@H](NC(=O)CSc2nnc(-c3cccc(S(=O)(=O)N4CCOCC4)c3)n2-c2ccc(OC(F)(F)F)cc2)CCC[C@@H]1C. The minimum absolute atomic E-state index is 0.0381. The number of aromatic nitrogens is 3. The number of ether oxygens (including phenoxy) is 2. The molecule has 0 radical (unpaired) electrons. The molecule has 0 bridgehead atoms. The average molecular weight is 654 g/mol. The van der Waals surface area contributed by atoms with Crippen molar-refractivity contribution < 1.29 is 35.9 Å². The second-order valence-electron chi connectivity index (χ2n) is 11.0. The maximum absolute atomic E-state index is 13.3. The molecule has 1 amide bonds. The highest BCUT2D eigenvalue weighted by atomic mass is 32.2. The zero-order chi connectivity index (χ0) is 31.5. The molecule has 15 heteroatoms. The van der Waals surface area contributed by atoms with E-state index in [9.17, 15) is 26.4 Å². The molecule has 3 atom stereocenters. The lowest BCUT2D eigenvalue weighted by Crippen LogP contribution is -2.44. The van der Waals surface area contributed by atoms with E-state index in [1.165, 1.54) is 40.7 Å². The topological polar surface area (TPSA) is 116 Å². The Balaban J connectivity index is 1.44. The number of benzene rings is 2. The van der Waals surface area contributed by atoms with Crippen molar-refractivity contribution in [2.24, 2.45) is 11.8 Å². The van der Waals surface area contributed by atoms with Crippen LogP contribution in [0.1, 0.15) is 33.1 Å². The van der Waals surface area contributed by atoms with Crippen LogP contribution in [0, 0.1) is 11.8 Å². The maximum Gasteiger partial charge on any atom is 0.573 e. The Morgan fingerprint density at radius 3 is 2.52 bits per heavy atom. The third-order valence-corrected chi connectivity index (χ3v) is 10.9. The minimum atomic E-state index is -4.85. The van der Waals surface area contributed by atoms with Gasteiger partial charge in [0.25, 0.3) is 0 Å². The van der Waals surface area contributed by atoms with Crippen LogP contribution < -0.4 is 10.1 Å². The first-order valence-electron chi connectivity index (χ1n) is 14.3. The molecule has 2 heterocycles. The van der Waals surface area contributed by atoms with Crippen molar-refractivity contribution in [1.82, 2.24) is 24.4 Å². The summed E-state index contributed by atoms with van der Waals surface area (Å²) in [6.07, 6.45) is -1.75. The maximum atomic E-state index is 13.3. The monoisotopic (exact) mass is 653 g/mol. The summed E-state index contributed by atoms with van der Waals surface area (Å²) in [4.78, 5) is 13.0. The van der Waals surface area contributed by atoms with Gasteiger partial charge in [-0.2, -0.15) is 4.31 Å². The van der Waals surface area contributed by atoms with Crippen molar-refractivity contribution in [2.45, 2.75) is 55.6 Å². The van der Waals surface area contributed by atoms with E-state index in [-0.39, 0.29) is 41.5 Å². The number of thioether (sulfide) groups is 1. The van der Waals surface area contributed by atoms with Crippen LogP contribution >= 0.6 is 11.8 Å². The number of amides is 1. The van der Waals surface area contributed by atoms with Crippen LogP contribution in [-0.4, -0.2) is 77.9 Å². The molecule has 0 unspecified atom stereocenters. The molecule has 2 aliphatic rings. The zero-order valence-electron chi connectivity index (χ0n) is 24.3. The van der Waals surface area contributed by atoms with E-state index >= 15 is 0 Å². The lowest BCUT2D eigenvalue weighted by molar-refractivity contribution is -0.274. The van der Waals surface area contributed by atoms with Crippen LogP contribution in [-0.2, 0) is 19.6 Å². The molecule has 5 rings (SSSR count). The molecule has 2 aromatic carbocycles. The Morgan fingerprint density at radius 1 is 1.09 bits per heavy atom. The van der Waals surface area contributed by atoms with Gasteiger partial charge in [0.1, 0.15) is 5.75 Å². The molecule has 0 spiro atoms. The first-order valence-corrected chi connectivity index (χ1v) is 16.8. The summed E-state index contributed by atoms with van der Waals surface area (Å²) in [5.41, 5.74) is 0.822. The summed E-state index contributed by atoms with van der Waals surface area (Å²) < 4.78 is 77.3. The minimum Gasteiger partial charge on any atom is -0.406 e. The lowest BCUT2D eigenvalue weighted by atomic mass is 9.78. The van der Waals surface area contributed by atoms with Gasteiger partial charge in [-0.05, 0) is 54.7 Å². The third-order valence-electron chi connectivity index (χ3n) is 8.05. The highest BCUT2D eigenvalue weighted by Gasteiger charge is 2.32. The van der Waals surface area contributed by atoms with E-state index < -0.39 is 22.1 Å². The van der Waals surface area contributed by atoms with Gasteiger partial charge in [-0.25, -0.2) is 8.42 Å². The Labute approximate surface area is 258 Å². The number of sulfonamides is 1. The first kappa shape index (κ1) is 32.3. The van der Waals surface area contributed by atoms with Gasteiger partial charge in [0, 0.05) is 30.4 Å². The molecule has 1 aliphatic heterocycles. The van der Waals surface area contributed by atoms with Crippen molar-refractivity contribution >= 4 is 27.7 Å². The predicted octanol–water partition coefficient (Wildman–Crippen LogP) is 4.89.